The van der Waals surface area contributed by atoms with Gasteiger partial charge in [-0.05, 0) is 55.4 Å². The molecule has 1 fully saturated rings. The van der Waals surface area contributed by atoms with Gasteiger partial charge in [0.1, 0.15) is 5.78 Å². The van der Waals surface area contributed by atoms with Gasteiger partial charge in [-0.1, -0.05) is 6.07 Å². The first kappa shape index (κ1) is 12.4. The van der Waals surface area contributed by atoms with Crippen LogP contribution in [0.15, 0.2) is 18.2 Å². The number of carbonyl (C=O) groups excluding carboxylic acids is 2. The molecule has 3 rings (SSSR count). The van der Waals surface area contributed by atoms with Gasteiger partial charge in [-0.2, -0.15) is 0 Å². The summed E-state index contributed by atoms with van der Waals surface area (Å²) in [7, 11) is 0. The molecule has 3 heteroatoms. The zero-order valence-corrected chi connectivity index (χ0v) is 11.1. The monoisotopic (exact) mass is 257 g/mol. The molecule has 0 bridgehead atoms. The van der Waals surface area contributed by atoms with Crippen LogP contribution in [-0.4, -0.2) is 17.7 Å². The molecule has 0 aromatic heterocycles. The second-order valence-electron chi connectivity index (χ2n) is 5.62. The fraction of sp³-hybridized carbons (Fsp3) is 0.500. The van der Waals surface area contributed by atoms with Crippen LogP contribution in [0.1, 0.15) is 53.6 Å². The number of fused-ring (bicyclic) bond motifs is 1. The van der Waals surface area contributed by atoms with E-state index in [1.165, 1.54) is 17.5 Å². The minimum Gasteiger partial charge on any atom is -0.349 e. The van der Waals surface area contributed by atoms with Crippen molar-refractivity contribution in [1.29, 1.82) is 0 Å². The molecule has 19 heavy (non-hydrogen) atoms. The first-order valence-corrected chi connectivity index (χ1v) is 7.17. The Balaban J connectivity index is 1.65. The summed E-state index contributed by atoms with van der Waals surface area (Å²) in [6.07, 6.45) is 6.22. The Labute approximate surface area is 113 Å². The molecule has 2 aliphatic rings. The van der Waals surface area contributed by atoms with Crippen molar-refractivity contribution in [3.63, 3.8) is 0 Å². The Hall–Kier alpha value is -1.64. The highest BCUT2D eigenvalue weighted by molar-refractivity contribution is 5.94. The molecule has 1 aromatic carbocycles. The summed E-state index contributed by atoms with van der Waals surface area (Å²) < 4.78 is 0. The van der Waals surface area contributed by atoms with Gasteiger partial charge in [-0.15, -0.1) is 0 Å². The van der Waals surface area contributed by atoms with Gasteiger partial charge in [0, 0.05) is 24.4 Å². The molecule has 2 aliphatic carbocycles. The number of ketones is 1. The predicted molar refractivity (Wildman–Crippen MR) is 73.2 cm³/mol. The number of benzene rings is 1. The second kappa shape index (κ2) is 5.16. The average Bonchev–Trinajstić information content (AvgIpc) is 2.88. The molecule has 3 nitrogen and oxygen atoms in total. The van der Waals surface area contributed by atoms with Gasteiger partial charge in [0.25, 0.3) is 5.91 Å². The van der Waals surface area contributed by atoms with E-state index >= 15 is 0 Å². The number of hydrogen-bond acceptors (Lipinski definition) is 2. The molecular weight excluding hydrogens is 238 g/mol. The lowest BCUT2D eigenvalue weighted by molar-refractivity contribution is -0.120. The van der Waals surface area contributed by atoms with E-state index in [2.05, 4.69) is 11.4 Å². The largest absolute Gasteiger partial charge is 0.349 e. The van der Waals surface area contributed by atoms with Gasteiger partial charge in [-0.3, -0.25) is 9.59 Å². The van der Waals surface area contributed by atoms with Crippen LogP contribution in [-0.2, 0) is 17.6 Å². The lowest BCUT2D eigenvalue weighted by Crippen LogP contribution is -2.37. The lowest BCUT2D eigenvalue weighted by atomic mass is 9.94. The molecule has 0 spiro atoms. The van der Waals surface area contributed by atoms with E-state index in [1.54, 1.807) is 0 Å². The summed E-state index contributed by atoms with van der Waals surface area (Å²) in [4.78, 5) is 23.4. The van der Waals surface area contributed by atoms with Crippen molar-refractivity contribution in [2.75, 3.05) is 0 Å². The Morgan fingerprint density at radius 2 is 1.79 bits per heavy atom. The van der Waals surface area contributed by atoms with Crippen LogP contribution >= 0.6 is 0 Å². The highest BCUT2D eigenvalue weighted by Gasteiger charge is 2.21. The van der Waals surface area contributed by atoms with Crippen LogP contribution in [0.5, 0.6) is 0 Å². The maximum Gasteiger partial charge on any atom is 0.251 e. The van der Waals surface area contributed by atoms with Gasteiger partial charge >= 0.3 is 0 Å². The molecule has 0 unspecified atom stereocenters. The molecule has 1 saturated carbocycles. The van der Waals surface area contributed by atoms with E-state index in [4.69, 9.17) is 0 Å². The van der Waals surface area contributed by atoms with E-state index in [0.29, 0.717) is 18.6 Å². The molecule has 1 amide bonds. The van der Waals surface area contributed by atoms with Crippen LogP contribution in [0.25, 0.3) is 0 Å². The molecule has 1 N–H and O–H groups in total. The minimum absolute atomic E-state index is 0.00838. The number of carbonyl (C=O) groups is 2. The van der Waals surface area contributed by atoms with Gasteiger partial charge in [0.15, 0.2) is 0 Å². The average molecular weight is 257 g/mol. The number of aryl methyl sites for hydroxylation is 2. The second-order valence-corrected chi connectivity index (χ2v) is 5.62. The van der Waals surface area contributed by atoms with Crippen molar-refractivity contribution in [3.8, 4) is 0 Å². The maximum absolute atomic E-state index is 12.2. The fourth-order valence-electron chi connectivity index (χ4n) is 3.07. The molecule has 0 atom stereocenters. The molecule has 1 aromatic rings. The van der Waals surface area contributed by atoms with E-state index in [1.807, 2.05) is 12.1 Å². The SMILES string of the molecule is O=C1CCC(NC(=O)c2ccc3c(c2)CCC3)CC1. The summed E-state index contributed by atoms with van der Waals surface area (Å²) >= 11 is 0. The van der Waals surface area contributed by atoms with Crippen LogP contribution in [0, 0.1) is 0 Å². The van der Waals surface area contributed by atoms with Crippen molar-refractivity contribution in [2.45, 2.75) is 51.0 Å². The molecule has 0 radical (unpaired) electrons. The topological polar surface area (TPSA) is 46.2 Å². The molecule has 100 valence electrons. The molecule has 0 heterocycles. The Kier molecular flexibility index (Phi) is 3.36. The van der Waals surface area contributed by atoms with Crippen LogP contribution in [0.2, 0.25) is 0 Å². The van der Waals surface area contributed by atoms with E-state index < -0.39 is 0 Å². The number of hydrogen-bond donors (Lipinski definition) is 1. The normalized spacial score (nSPS) is 19.3. The molecule has 0 aliphatic heterocycles. The predicted octanol–water partition coefficient (Wildman–Crippen LogP) is 2.42. The number of amides is 1. The Bertz CT molecular complexity index is 511. The summed E-state index contributed by atoms with van der Waals surface area (Å²) in [6.45, 7) is 0. The molecule has 0 saturated heterocycles. The molecular formula is C16H19NO2. The Morgan fingerprint density at radius 1 is 1.05 bits per heavy atom. The van der Waals surface area contributed by atoms with Gasteiger partial charge in [-0.25, -0.2) is 0 Å². The first-order chi connectivity index (χ1) is 9.22. The summed E-state index contributed by atoms with van der Waals surface area (Å²) in [5, 5.41) is 3.06. The fourth-order valence-corrected chi connectivity index (χ4v) is 3.07. The van der Waals surface area contributed by atoms with Crippen LogP contribution < -0.4 is 5.32 Å². The van der Waals surface area contributed by atoms with Crippen molar-refractivity contribution in [1.82, 2.24) is 5.32 Å². The quantitative estimate of drug-likeness (QED) is 0.884. The zero-order chi connectivity index (χ0) is 13.2. The van der Waals surface area contributed by atoms with E-state index in [-0.39, 0.29) is 11.9 Å². The first-order valence-electron chi connectivity index (χ1n) is 7.17. The van der Waals surface area contributed by atoms with E-state index in [0.717, 1.165) is 31.2 Å². The summed E-state index contributed by atoms with van der Waals surface area (Å²) in [5.74, 6) is 0.331. The van der Waals surface area contributed by atoms with Crippen molar-refractivity contribution in [2.24, 2.45) is 0 Å². The van der Waals surface area contributed by atoms with Gasteiger partial charge in [0.2, 0.25) is 0 Å². The lowest BCUT2D eigenvalue weighted by Gasteiger charge is -2.22. The van der Waals surface area contributed by atoms with Crippen molar-refractivity contribution < 1.29 is 9.59 Å². The smallest absolute Gasteiger partial charge is 0.251 e. The highest BCUT2D eigenvalue weighted by atomic mass is 16.1. The highest BCUT2D eigenvalue weighted by Crippen LogP contribution is 2.23. The van der Waals surface area contributed by atoms with Crippen molar-refractivity contribution in [3.05, 3.63) is 34.9 Å². The number of Topliss-reactive ketones (excluding diaryl/α,β-unsaturated/α-hetero) is 1. The summed E-state index contributed by atoms with van der Waals surface area (Å²) in [6, 6.07) is 6.21. The number of nitrogens with one attached hydrogen (secondary N) is 1. The van der Waals surface area contributed by atoms with E-state index in [9.17, 15) is 9.59 Å². The van der Waals surface area contributed by atoms with Gasteiger partial charge in [0.05, 0.1) is 0 Å². The third-order valence-corrected chi connectivity index (χ3v) is 4.24. The van der Waals surface area contributed by atoms with Crippen LogP contribution in [0.3, 0.4) is 0 Å². The third-order valence-electron chi connectivity index (χ3n) is 4.24. The third kappa shape index (κ3) is 2.70. The summed E-state index contributed by atoms with van der Waals surface area (Å²) in [5.41, 5.74) is 3.48. The standard InChI is InChI=1S/C16H19NO2/c18-15-8-6-14(7-9-15)17-16(19)13-5-4-11-2-1-3-12(11)10-13/h4-5,10,14H,1-3,6-9H2,(H,17,19). The van der Waals surface area contributed by atoms with Gasteiger partial charge < -0.3 is 5.32 Å². The Morgan fingerprint density at radius 3 is 2.58 bits per heavy atom. The number of rotatable bonds is 2. The van der Waals surface area contributed by atoms with Crippen molar-refractivity contribution >= 4 is 11.7 Å². The zero-order valence-electron chi connectivity index (χ0n) is 11.1. The minimum atomic E-state index is 0.00838. The maximum atomic E-state index is 12.2. The van der Waals surface area contributed by atoms with Crippen LogP contribution in [0.4, 0.5) is 0 Å².